The lowest BCUT2D eigenvalue weighted by Gasteiger charge is -2.12. The van der Waals surface area contributed by atoms with Gasteiger partial charge in [-0.3, -0.25) is 4.79 Å². The highest BCUT2D eigenvalue weighted by atomic mass is 16.3. The van der Waals surface area contributed by atoms with Crippen LogP contribution in [0.15, 0.2) is 12.7 Å². The fraction of sp³-hybridized carbons (Fsp3) is 0.667. The van der Waals surface area contributed by atoms with E-state index in [9.17, 15) is 9.90 Å². The van der Waals surface area contributed by atoms with Crippen LogP contribution in [0.2, 0.25) is 0 Å². The van der Waals surface area contributed by atoms with Crippen LogP contribution in [-0.2, 0) is 4.79 Å². The lowest BCUT2D eigenvalue weighted by atomic mass is 10.1. The number of aliphatic hydroxyl groups excluding tert-OH is 1. The van der Waals surface area contributed by atoms with Gasteiger partial charge in [0.05, 0.1) is 12.0 Å². The minimum atomic E-state index is -0.435. The maximum atomic E-state index is 11.3. The molecule has 1 aliphatic rings. The number of hydrogen-bond donors (Lipinski definition) is 2. The smallest absolute Gasteiger partial charge is 0.225 e. The van der Waals surface area contributed by atoms with E-state index in [0.717, 1.165) is 19.3 Å². The summed E-state index contributed by atoms with van der Waals surface area (Å²) in [5, 5.41) is 12.1. The Morgan fingerprint density at radius 2 is 2.42 bits per heavy atom. The normalized spacial score (nSPS) is 28.4. The Hall–Kier alpha value is -0.830. The number of amides is 1. The van der Waals surface area contributed by atoms with Gasteiger partial charge in [-0.05, 0) is 19.3 Å². The van der Waals surface area contributed by atoms with Crippen molar-refractivity contribution in [3.63, 3.8) is 0 Å². The molecule has 1 rings (SSSR count). The molecule has 0 radical (unpaired) electrons. The Morgan fingerprint density at radius 3 is 2.92 bits per heavy atom. The van der Waals surface area contributed by atoms with E-state index in [-0.39, 0.29) is 11.8 Å². The van der Waals surface area contributed by atoms with Crippen LogP contribution >= 0.6 is 0 Å². The lowest BCUT2D eigenvalue weighted by Crippen LogP contribution is -2.34. The Morgan fingerprint density at radius 1 is 1.67 bits per heavy atom. The maximum absolute atomic E-state index is 11.3. The molecule has 3 heteroatoms. The van der Waals surface area contributed by atoms with Crippen molar-refractivity contribution >= 4 is 5.91 Å². The Labute approximate surface area is 72.5 Å². The van der Waals surface area contributed by atoms with Crippen LogP contribution in [-0.4, -0.2) is 23.7 Å². The Kier molecular flexibility index (Phi) is 3.29. The number of carbonyl (C=O) groups excluding carboxylic acids is 1. The molecule has 12 heavy (non-hydrogen) atoms. The molecule has 0 unspecified atom stereocenters. The van der Waals surface area contributed by atoms with Crippen molar-refractivity contribution in [1.29, 1.82) is 0 Å². The van der Waals surface area contributed by atoms with Crippen LogP contribution in [0.1, 0.15) is 19.3 Å². The highest BCUT2D eigenvalue weighted by Crippen LogP contribution is 2.25. The number of carbonyl (C=O) groups is 1. The van der Waals surface area contributed by atoms with Gasteiger partial charge in [0.15, 0.2) is 0 Å². The number of aliphatic hydroxyl groups is 1. The molecule has 0 saturated heterocycles. The summed E-state index contributed by atoms with van der Waals surface area (Å²) in [6, 6.07) is 0. The van der Waals surface area contributed by atoms with Crippen molar-refractivity contribution in [2.45, 2.75) is 25.4 Å². The zero-order chi connectivity index (χ0) is 8.97. The second-order valence-electron chi connectivity index (χ2n) is 3.14. The molecule has 2 atom stereocenters. The fourth-order valence-corrected chi connectivity index (χ4v) is 1.55. The first-order chi connectivity index (χ1) is 5.75. The maximum Gasteiger partial charge on any atom is 0.225 e. The standard InChI is InChI=1S/C9H15NO2/c1-2-6-10-9(12)7-4-3-5-8(7)11/h2,7-8,11H,1,3-6H2,(H,10,12)/t7-,8+/m1/s1. The van der Waals surface area contributed by atoms with E-state index in [1.165, 1.54) is 0 Å². The van der Waals surface area contributed by atoms with Crippen LogP contribution in [0.5, 0.6) is 0 Å². The predicted octanol–water partition coefficient (Wildman–Crippen LogP) is 0.450. The summed E-state index contributed by atoms with van der Waals surface area (Å²) in [7, 11) is 0. The van der Waals surface area contributed by atoms with Crippen molar-refractivity contribution in [2.75, 3.05) is 6.54 Å². The van der Waals surface area contributed by atoms with E-state index >= 15 is 0 Å². The summed E-state index contributed by atoms with van der Waals surface area (Å²) in [6.07, 6.45) is 3.72. The molecule has 1 fully saturated rings. The first-order valence-electron chi connectivity index (χ1n) is 4.32. The van der Waals surface area contributed by atoms with Crippen molar-refractivity contribution in [2.24, 2.45) is 5.92 Å². The molecule has 0 aliphatic heterocycles. The van der Waals surface area contributed by atoms with E-state index in [0.29, 0.717) is 6.54 Å². The van der Waals surface area contributed by atoms with Crippen LogP contribution in [0.25, 0.3) is 0 Å². The van der Waals surface area contributed by atoms with E-state index < -0.39 is 6.10 Å². The van der Waals surface area contributed by atoms with Crippen molar-refractivity contribution in [1.82, 2.24) is 5.32 Å². The number of nitrogens with one attached hydrogen (secondary N) is 1. The largest absolute Gasteiger partial charge is 0.392 e. The quantitative estimate of drug-likeness (QED) is 0.603. The van der Waals surface area contributed by atoms with Gasteiger partial charge >= 0.3 is 0 Å². The van der Waals surface area contributed by atoms with Gasteiger partial charge in [-0.15, -0.1) is 6.58 Å². The first-order valence-corrected chi connectivity index (χ1v) is 4.32. The van der Waals surface area contributed by atoms with Gasteiger partial charge in [-0.2, -0.15) is 0 Å². The van der Waals surface area contributed by atoms with Crippen molar-refractivity contribution < 1.29 is 9.90 Å². The summed E-state index contributed by atoms with van der Waals surface area (Å²) in [6.45, 7) is 3.99. The molecular formula is C9H15NO2. The van der Waals surface area contributed by atoms with Crippen LogP contribution in [0.4, 0.5) is 0 Å². The molecule has 68 valence electrons. The van der Waals surface area contributed by atoms with E-state index in [1.807, 2.05) is 0 Å². The van der Waals surface area contributed by atoms with Gasteiger partial charge in [0.25, 0.3) is 0 Å². The average Bonchev–Trinajstić information content (AvgIpc) is 2.47. The van der Waals surface area contributed by atoms with Crippen LogP contribution < -0.4 is 5.32 Å². The predicted molar refractivity (Wildman–Crippen MR) is 46.6 cm³/mol. The zero-order valence-corrected chi connectivity index (χ0v) is 7.12. The lowest BCUT2D eigenvalue weighted by molar-refractivity contribution is -0.127. The Balaban J connectivity index is 2.35. The highest BCUT2D eigenvalue weighted by Gasteiger charge is 2.30. The summed E-state index contributed by atoms with van der Waals surface area (Å²) < 4.78 is 0. The number of rotatable bonds is 3. The highest BCUT2D eigenvalue weighted by molar-refractivity contribution is 5.79. The van der Waals surface area contributed by atoms with Crippen molar-refractivity contribution in [3.05, 3.63) is 12.7 Å². The van der Waals surface area contributed by atoms with Crippen molar-refractivity contribution in [3.8, 4) is 0 Å². The molecule has 1 amide bonds. The summed E-state index contributed by atoms with van der Waals surface area (Å²) >= 11 is 0. The molecule has 0 spiro atoms. The van der Waals surface area contributed by atoms with Crippen LogP contribution in [0.3, 0.4) is 0 Å². The van der Waals surface area contributed by atoms with Gasteiger partial charge < -0.3 is 10.4 Å². The molecule has 0 aromatic rings. The molecule has 0 aromatic heterocycles. The van der Waals surface area contributed by atoms with Crippen LogP contribution in [0, 0.1) is 5.92 Å². The fourth-order valence-electron chi connectivity index (χ4n) is 1.55. The molecular weight excluding hydrogens is 154 g/mol. The summed E-state index contributed by atoms with van der Waals surface area (Å²) in [4.78, 5) is 11.3. The van der Waals surface area contributed by atoms with Gasteiger partial charge in [0, 0.05) is 6.54 Å². The molecule has 2 N–H and O–H groups in total. The minimum absolute atomic E-state index is 0.0418. The van der Waals surface area contributed by atoms with Gasteiger partial charge in [0.1, 0.15) is 0 Å². The third kappa shape index (κ3) is 2.08. The zero-order valence-electron chi connectivity index (χ0n) is 7.12. The van der Waals surface area contributed by atoms with Gasteiger partial charge in [-0.1, -0.05) is 6.08 Å². The SMILES string of the molecule is C=CCNC(=O)[C@@H]1CCC[C@@H]1O. The molecule has 3 nitrogen and oxygen atoms in total. The second-order valence-corrected chi connectivity index (χ2v) is 3.14. The first kappa shape index (κ1) is 9.26. The van der Waals surface area contributed by atoms with Gasteiger partial charge in [-0.25, -0.2) is 0 Å². The monoisotopic (exact) mass is 169 g/mol. The summed E-state index contributed by atoms with van der Waals surface area (Å²) in [5.41, 5.74) is 0. The third-order valence-corrected chi connectivity index (χ3v) is 2.24. The molecule has 1 saturated carbocycles. The number of hydrogen-bond acceptors (Lipinski definition) is 2. The summed E-state index contributed by atoms with van der Waals surface area (Å²) in [5.74, 6) is -0.232. The third-order valence-electron chi connectivity index (χ3n) is 2.24. The molecule has 0 aromatic carbocycles. The second kappa shape index (κ2) is 4.26. The van der Waals surface area contributed by atoms with Gasteiger partial charge in [0.2, 0.25) is 5.91 Å². The molecule has 1 aliphatic carbocycles. The minimum Gasteiger partial charge on any atom is -0.392 e. The van der Waals surface area contributed by atoms with E-state index in [2.05, 4.69) is 11.9 Å². The molecule has 0 bridgehead atoms. The van der Waals surface area contributed by atoms with E-state index in [4.69, 9.17) is 0 Å². The topological polar surface area (TPSA) is 49.3 Å². The van der Waals surface area contributed by atoms with E-state index in [1.54, 1.807) is 6.08 Å². The average molecular weight is 169 g/mol. The Bertz CT molecular complexity index is 179. The molecule has 0 heterocycles.